The Labute approximate surface area is 174 Å². The number of anilines is 1. The Balaban J connectivity index is 2.05. The minimum Gasteiger partial charge on any atom is -0.493 e. The van der Waals surface area contributed by atoms with Gasteiger partial charge in [-0.25, -0.2) is 4.39 Å². The largest absolute Gasteiger partial charge is 0.493 e. The highest BCUT2D eigenvalue weighted by molar-refractivity contribution is 9.10. The lowest BCUT2D eigenvalue weighted by Gasteiger charge is -2.29. The first-order chi connectivity index (χ1) is 13.3. The fourth-order valence-corrected chi connectivity index (χ4v) is 3.34. The minimum absolute atomic E-state index is 0.0786. The van der Waals surface area contributed by atoms with Crippen LogP contribution in [-0.4, -0.2) is 31.1 Å². The number of thiocarbonyl (C=S) groups is 1. The monoisotopic (exact) mass is 464 g/mol. The first-order valence-electron chi connectivity index (χ1n) is 7.94. The third-order valence-electron chi connectivity index (χ3n) is 3.99. The molecule has 0 spiro atoms. The highest BCUT2D eigenvalue weighted by Crippen LogP contribution is 2.35. The van der Waals surface area contributed by atoms with E-state index in [9.17, 15) is 14.0 Å². The van der Waals surface area contributed by atoms with Crippen molar-refractivity contribution in [2.75, 3.05) is 19.1 Å². The Morgan fingerprint density at radius 2 is 1.71 bits per heavy atom. The predicted octanol–water partition coefficient (Wildman–Crippen LogP) is 3.44. The van der Waals surface area contributed by atoms with E-state index in [4.69, 9.17) is 21.7 Å². The predicted molar refractivity (Wildman–Crippen MR) is 110 cm³/mol. The Morgan fingerprint density at radius 3 is 2.32 bits per heavy atom. The molecule has 2 amide bonds. The number of nitrogens with one attached hydrogen (secondary N) is 1. The van der Waals surface area contributed by atoms with Crippen molar-refractivity contribution in [2.45, 2.75) is 0 Å². The molecular weight excluding hydrogens is 451 g/mol. The lowest BCUT2D eigenvalue weighted by molar-refractivity contribution is -0.122. The molecule has 1 fully saturated rings. The van der Waals surface area contributed by atoms with Crippen LogP contribution >= 0.6 is 28.1 Å². The van der Waals surface area contributed by atoms with Gasteiger partial charge in [0.25, 0.3) is 11.8 Å². The Kier molecular flexibility index (Phi) is 5.76. The molecule has 2 aromatic carbocycles. The van der Waals surface area contributed by atoms with Gasteiger partial charge in [-0.3, -0.25) is 19.8 Å². The summed E-state index contributed by atoms with van der Waals surface area (Å²) >= 11 is 8.51. The van der Waals surface area contributed by atoms with Crippen LogP contribution in [0.1, 0.15) is 5.56 Å². The van der Waals surface area contributed by atoms with Gasteiger partial charge < -0.3 is 9.47 Å². The topological polar surface area (TPSA) is 67.9 Å². The molecule has 9 heteroatoms. The smallest absolute Gasteiger partial charge is 0.270 e. The molecule has 0 unspecified atom stereocenters. The van der Waals surface area contributed by atoms with Crippen LogP contribution in [0.25, 0.3) is 6.08 Å². The van der Waals surface area contributed by atoms with Crippen molar-refractivity contribution in [3.05, 3.63) is 57.8 Å². The molecule has 0 radical (unpaired) electrons. The summed E-state index contributed by atoms with van der Waals surface area (Å²) in [5, 5.41) is 2.40. The van der Waals surface area contributed by atoms with E-state index in [1.807, 2.05) is 0 Å². The molecule has 144 valence electrons. The molecule has 2 aromatic rings. The molecule has 1 N–H and O–H groups in total. The van der Waals surface area contributed by atoms with E-state index in [1.54, 1.807) is 12.1 Å². The Bertz CT molecular complexity index is 1010. The summed E-state index contributed by atoms with van der Waals surface area (Å²) in [4.78, 5) is 26.5. The van der Waals surface area contributed by atoms with E-state index in [-0.39, 0.29) is 10.7 Å². The number of nitrogens with zero attached hydrogens (tertiary/aromatic N) is 1. The normalized spacial score (nSPS) is 15.6. The van der Waals surface area contributed by atoms with Gasteiger partial charge in [-0.05, 0) is 60.3 Å². The summed E-state index contributed by atoms with van der Waals surface area (Å²) in [6.07, 6.45) is 1.42. The molecule has 1 aliphatic rings. The number of benzene rings is 2. The fraction of sp³-hybridized carbons (Fsp3) is 0.105. The van der Waals surface area contributed by atoms with Gasteiger partial charge in [-0.2, -0.15) is 0 Å². The second-order valence-electron chi connectivity index (χ2n) is 5.66. The van der Waals surface area contributed by atoms with Gasteiger partial charge in [0.1, 0.15) is 11.4 Å². The highest BCUT2D eigenvalue weighted by atomic mass is 79.9. The van der Waals surface area contributed by atoms with Gasteiger partial charge in [0.05, 0.1) is 19.9 Å². The lowest BCUT2D eigenvalue weighted by atomic mass is 10.1. The minimum atomic E-state index is -0.630. The number of hydrogen-bond donors (Lipinski definition) is 1. The maximum Gasteiger partial charge on any atom is 0.270 e. The number of ether oxygens (including phenoxy) is 2. The molecule has 1 saturated heterocycles. The highest BCUT2D eigenvalue weighted by Gasteiger charge is 2.34. The van der Waals surface area contributed by atoms with Crippen LogP contribution in [-0.2, 0) is 9.59 Å². The van der Waals surface area contributed by atoms with E-state index in [0.717, 1.165) is 4.90 Å². The summed E-state index contributed by atoms with van der Waals surface area (Å²) in [5.41, 5.74) is 0.738. The number of carbonyl (C=O) groups is 2. The van der Waals surface area contributed by atoms with Crippen LogP contribution in [0.2, 0.25) is 0 Å². The van der Waals surface area contributed by atoms with Gasteiger partial charge in [-0.1, -0.05) is 15.9 Å². The summed E-state index contributed by atoms with van der Waals surface area (Å²) < 4.78 is 24.3. The molecule has 1 heterocycles. The summed E-state index contributed by atoms with van der Waals surface area (Å²) in [7, 11) is 2.98. The van der Waals surface area contributed by atoms with Crippen molar-refractivity contribution in [3.8, 4) is 11.5 Å². The molecule has 0 aliphatic carbocycles. The van der Waals surface area contributed by atoms with Crippen LogP contribution in [0, 0.1) is 5.82 Å². The average Bonchev–Trinajstić information content (AvgIpc) is 2.67. The summed E-state index contributed by atoms with van der Waals surface area (Å²) in [6.45, 7) is 0. The van der Waals surface area contributed by atoms with Gasteiger partial charge in [0, 0.05) is 4.47 Å². The van der Waals surface area contributed by atoms with Crippen molar-refractivity contribution in [3.63, 3.8) is 0 Å². The van der Waals surface area contributed by atoms with Crippen molar-refractivity contribution in [1.82, 2.24) is 5.32 Å². The molecule has 0 aromatic heterocycles. The summed E-state index contributed by atoms with van der Waals surface area (Å²) in [6, 6.07) is 8.51. The number of hydrogen-bond acceptors (Lipinski definition) is 5. The maximum absolute atomic E-state index is 13.2. The van der Waals surface area contributed by atoms with Crippen molar-refractivity contribution < 1.29 is 23.5 Å². The maximum atomic E-state index is 13.2. The van der Waals surface area contributed by atoms with E-state index < -0.39 is 17.6 Å². The number of methoxy groups -OCH3 is 2. The quantitative estimate of drug-likeness (QED) is 0.426. The molecular formula is C19H14BrFN2O4S. The van der Waals surface area contributed by atoms with E-state index in [1.165, 1.54) is 44.6 Å². The van der Waals surface area contributed by atoms with Crippen LogP contribution in [0.3, 0.4) is 0 Å². The van der Waals surface area contributed by atoms with Gasteiger partial charge >= 0.3 is 0 Å². The number of rotatable bonds is 4. The standard InChI is InChI=1S/C19H14BrFN2O4S/c1-26-15-8-10(14(20)9-16(15)27-2)7-13-17(24)22-19(28)23(18(13)25)12-5-3-11(21)4-6-12/h3-9H,1-2H3,(H,22,24,28)/b13-7-. The van der Waals surface area contributed by atoms with Crippen molar-refractivity contribution in [2.24, 2.45) is 0 Å². The van der Waals surface area contributed by atoms with Crippen LogP contribution in [0.5, 0.6) is 11.5 Å². The molecule has 0 atom stereocenters. The van der Waals surface area contributed by atoms with Crippen LogP contribution < -0.4 is 19.7 Å². The lowest BCUT2D eigenvalue weighted by Crippen LogP contribution is -2.54. The Hall–Kier alpha value is -2.78. The van der Waals surface area contributed by atoms with Gasteiger partial charge in [0.15, 0.2) is 16.6 Å². The molecule has 0 bridgehead atoms. The number of amides is 2. The van der Waals surface area contributed by atoms with Crippen molar-refractivity contribution >= 4 is 56.8 Å². The third kappa shape index (κ3) is 3.76. The second-order valence-corrected chi connectivity index (χ2v) is 6.90. The van der Waals surface area contributed by atoms with Crippen LogP contribution in [0.15, 0.2) is 46.4 Å². The van der Waals surface area contributed by atoms with Gasteiger partial charge in [-0.15, -0.1) is 0 Å². The molecule has 3 rings (SSSR count). The number of carbonyl (C=O) groups excluding carboxylic acids is 2. The summed E-state index contributed by atoms with van der Waals surface area (Å²) in [5.74, 6) is -0.775. The fourth-order valence-electron chi connectivity index (χ4n) is 2.62. The first-order valence-corrected chi connectivity index (χ1v) is 9.14. The zero-order valence-electron chi connectivity index (χ0n) is 14.8. The zero-order valence-corrected chi connectivity index (χ0v) is 17.2. The molecule has 6 nitrogen and oxygen atoms in total. The van der Waals surface area contributed by atoms with E-state index in [0.29, 0.717) is 27.2 Å². The first kappa shape index (κ1) is 20.0. The Morgan fingerprint density at radius 1 is 1.11 bits per heavy atom. The number of halogens is 2. The zero-order chi connectivity index (χ0) is 20.4. The molecule has 1 aliphatic heterocycles. The second kappa shape index (κ2) is 8.07. The average molecular weight is 465 g/mol. The van der Waals surface area contributed by atoms with Crippen molar-refractivity contribution in [1.29, 1.82) is 0 Å². The van der Waals surface area contributed by atoms with Crippen LogP contribution in [0.4, 0.5) is 10.1 Å². The SMILES string of the molecule is COc1cc(Br)c(/C=C2/C(=O)NC(=S)N(c3ccc(F)cc3)C2=O)cc1OC. The molecule has 28 heavy (non-hydrogen) atoms. The van der Waals surface area contributed by atoms with E-state index in [2.05, 4.69) is 21.2 Å². The third-order valence-corrected chi connectivity index (χ3v) is 4.96. The van der Waals surface area contributed by atoms with Gasteiger partial charge in [0.2, 0.25) is 0 Å². The van der Waals surface area contributed by atoms with E-state index >= 15 is 0 Å². The molecule has 0 saturated carbocycles.